The van der Waals surface area contributed by atoms with E-state index in [0.717, 1.165) is 11.3 Å². The maximum Gasteiger partial charge on any atom is 0.267 e. The molecule has 0 spiro atoms. The number of carbonyl (C=O) groups is 1. The van der Waals surface area contributed by atoms with Crippen LogP contribution in [0.15, 0.2) is 24.4 Å². The lowest BCUT2D eigenvalue weighted by atomic mass is 10.3. The topological polar surface area (TPSA) is 77.2 Å². The number of amides is 1. The second kappa shape index (κ2) is 5.24. The Morgan fingerprint density at radius 2 is 2.33 bits per heavy atom. The maximum atomic E-state index is 11.8. The molecule has 0 atom stereocenters. The smallest absolute Gasteiger partial charge is 0.267 e. The number of hydrogen-bond acceptors (Lipinski definition) is 5. The van der Waals surface area contributed by atoms with Crippen LogP contribution in [0.25, 0.3) is 0 Å². The third-order valence-corrected chi connectivity index (χ3v) is 3.31. The first-order valence-electron chi connectivity index (χ1n) is 4.96. The molecular formula is C11H10ClN3O2S. The number of nitrogen functional groups attached to an aromatic ring is 1. The van der Waals surface area contributed by atoms with Crippen molar-refractivity contribution in [1.82, 2.24) is 4.98 Å². The summed E-state index contributed by atoms with van der Waals surface area (Å²) >= 11 is 7.13. The van der Waals surface area contributed by atoms with Gasteiger partial charge in [0.15, 0.2) is 5.13 Å². The number of aromatic nitrogens is 1. The average Bonchev–Trinajstić information content (AvgIpc) is 2.78. The third kappa shape index (κ3) is 2.72. The molecule has 0 fully saturated rings. The number of anilines is 2. The Bertz CT molecular complexity index is 585. The van der Waals surface area contributed by atoms with Gasteiger partial charge in [-0.15, -0.1) is 0 Å². The normalized spacial score (nSPS) is 10.1. The quantitative estimate of drug-likeness (QED) is 0.908. The molecule has 0 bridgehead atoms. The number of thiazole rings is 1. The Kier molecular flexibility index (Phi) is 3.69. The van der Waals surface area contributed by atoms with Gasteiger partial charge >= 0.3 is 0 Å². The predicted molar refractivity (Wildman–Crippen MR) is 72.5 cm³/mol. The number of ether oxygens (including phenoxy) is 1. The monoisotopic (exact) mass is 283 g/mol. The van der Waals surface area contributed by atoms with Crippen LogP contribution in [0.4, 0.5) is 10.8 Å². The summed E-state index contributed by atoms with van der Waals surface area (Å²) in [4.78, 5) is 16.1. The Balaban J connectivity index is 2.16. The number of nitrogens with two attached hydrogens (primary N) is 1. The van der Waals surface area contributed by atoms with Gasteiger partial charge in [-0.2, -0.15) is 0 Å². The summed E-state index contributed by atoms with van der Waals surface area (Å²) in [5, 5.41) is 3.43. The minimum Gasteiger partial charge on any atom is -0.497 e. The Morgan fingerprint density at radius 1 is 1.56 bits per heavy atom. The molecule has 18 heavy (non-hydrogen) atoms. The van der Waals surface area contributed by atoms with Gasteiger partial charge in [0, 0.05) is 6.07 Å². The molecule has 1 aromatic carbocycles. The van der Waals surface area contributed by atoms with Gasteiger partial charge in [-0.3, -0.25) is 4.79 Å². The van der Waals surface area contributed by atoms with Crippen LogP contribution in [-0.2, 0) is 0 Å². The van der Waals surface area contributed by atoms with E-state index in [4.69, 9.17) is 22.1 Å². The maximum absolute atomic E-state index is 11.8. The lowest BCUT2D eigenvalue weighted by Crippen LogP contribution is -2.10. The largest absolute Gasteiger partial charge is 0.497 e. The highest BCUT2D eigenvalue weighted by molar-refractivity contribution is 7.17. The highest BCUT2D eigenvalue weighted by Gasteiger charge is 2.11. The van der Waals surface area contributed by atoms with Crippen molar-refractivity contribution in [1.29, 1.82) is 0 Å². The minimum absolute atomic E-state index is 0.295. The van der Waals surface area contributed by atoms with E-state index in [1.807, 2.05) is 0 Å². The average molecular weight is 284 g/mol. The first-order valence-corrected chi connectivity index (χ1v) is 6.16. The van der Waals surface area contributed by atoms with E-state index in [2.05, 4.69) is 10.3 Å². The second-order valence-corrected chi connectivity index (χ2v) is 4.83. The van der Waals surface area contributed by atoms with Crippen molar-refractivity contribution in [3.05, 3.63) is 34.3 Å². The summed E-state index contributed by atoms with van der Waals surface area (Å²) in [6.07, 6.45) is 1.42. The van der Waals surface area contributed by atoms with Crippen molar-refractivity contribution in [3.8, 4) is 5.75 Å². The molecule has 2 rings (SSSR count). The van der Waals surface area contributed by atoms with Crippen LogP contribution < -0.4 is 15.8 Å². The van der Waals surface area contributed by atoms with Gasteiger partial charge in [-0.25, -0.2) is 4.98 Å². The minimum atomic E-state index is -0.295. The fourth-order valence-electron chi connectivity index (χ4n) is 1.30. The second-order valence-electron chi connectivity index (χ2n) is 3.36. The molecular weight excluding hydrogens is 274 g/mol. The highest BCUT2D eigenvalue weighted by atomic mass is 35.5. The molecule has 0 aliphatic carbocycles. The summed E-state index contributed by atoms with van der Waals surface area (Å²) in [5.41, 5.74) is 5.97. The predicted octanol–water partition coefficient (Wildman–Crippen LogP) is 2.64. The van der Waals surface area contributed by atoms with Gasteiger partial charge in [-0.1, -0.05) is 22.9 Å². The third-order valence-electron chi connectivity index (χ3n) is 2.17. The van der Waals surface area contributed by atoms with Crippen LogP contribution in [-0.4, -0.2) is 18.0 Å². The van der Waals surface area contributed by atoms with Crippen LogP contribution in [0.5, 0.6) is 5.75 Å². The molecule has 0 aliphatic rings. The number of nitrogens with one attached hydrogen (secondary N) is 1. The molecule has 94 valence electrons. The number of halogens is 1. The van der Waals surface area contributed by atoms with Gasteiger partial charge < -0.3 is 15.8 Å². The van der Waals surface area contributed by atoms with Gasteiger partial charge in [0.05, 0.1) is 24.0 Å². The molecule has 1 aromatic heterocycles. The number of carbonyl (C=O) groups excluding carboxylic acids is 1. The fourth-order valence-corrected chi connectivity index (χ4v) is 2.10. The van der Waals surface area contributed by atoms with Crippen molar-refractivity contribution < 1.29 is 9.53 Å². The summed E-state index contributed by atoms with van der Waals surface area (Å²) < 4.78 is 5.02. The van der Waals surface area contributed by atoms with Gasteiger partial charge in [-0.05, 0) is 12.1 Å². The molecule has 0 aliphatic heterocycles. The summed E-state index contributed by atoms with van der Waals surface area (Å²) in [5.74, 6) is 0.330. The van der Waals surface area contributed by atoms with Crippen LogP contribution in [0.1, 0.15) is 9.67 Å². The van der Waals surface area contributed by atoms with Crippen LogP contribution in [0.3, 0.4) is 0 Å². The van der Waals surface area contributed by atoms with Crippen molar-refractivity contribution in [3.63, 3.8) is 0 Å². The van der Waals surface area contributed by atoms with E-state index in [0.29, 0.717) is 26.5 Å². The molecule has 1 heterocycles. The first-order chi connectivity index (χ1) is 8.60. The van der Waals surface area contributed by atoms with Crippen molar-refractivity contribution in [2.75, 3.05) is 18.2 Å². The van der Waals surface area contributed by atoms with Crippen molar-refractivity contribution >= 4 is 39.7 Å². The Labute approximate surface area is 113 Å². The summed E-state index contributed by atoms with van der Waals surface area (Å²) in [6, 6.07) is 5.00. The summed E-state index contributed by atoms with van der Waals surface area (Å²) in [7, 11) is 1.55. The van der Waals surface area contributed by atoms with Crippen LogP contribution >= 0.6 is 22.9 Å². The lowest BCUT2D eigenvalue weighted by Gasteiger charge is -2.07. The van der Waals surface area contributed by atoms with E-state index < -0.39 is 0 Å². The number of benzene rings is 1. The molecule has 0 saturated heterocycles. The molecule has 0 saturated carbocycles. The van der Waals surface area contributed by atoms with E-state index in [1.54, 1.807) is 25.3 Å². The number of nitrogens with zero attached hydrogens (tertiary/aromatic N) is 1. The SMILES string of the molecule is COc1ccc(NC(=O)c2cnc(N)s2)c(Cl)c1. The van der Waals surface area contributed by atoms with Crippen molar-refractivity contribution in [2.24, 2.45) is 0 Å². The van der Waals surface area contributed by atoms with Crippen LogP contribution in [0, 0.1) is 0 Å². The highest BCUT2D eigenvalue weighted by Crippen LogP contribution is 2.27. The number of rotatable bonds is 3. The summed E-state index contributed by atoms with van der Waals surface area (Å²) in [6.45, 7) is 0. The van der Waals surface area contributed by atoms with Gasteiger partial charge in [0.25, 0.3) is 5.91 Å². The molecule has 2 aromatic rings. The Hall–Kier alpha value is -1.79. The lowest BCUT2D eigenvalue weighted by molar-refractivity contribution is 0.103. The van der Waals surface area contributed by atoms with E-state index in [1.165, 1.54) is 6.20 Å². The first kappa shape index (κ1) is 12.7. The zero-order valence-electron chi connectivity index (χ0n) is 9.44. The van der Waals surface area contributed by atoms with Gasteiger partial charge in [0.2, 0.25) is 0 Å². The number of methoxy groups -OCH3 is 1. The van der Waals surface area contributed by atoms with Crippen LogP contribution in [0.2, 0.25) is 5.02 Å². The molecule has 3 N–H and O–H groups in total. The molecule has 5 nitrogen and oxygen atoms in total. The molecule has 7 heteroatoms. The zero-order valence-corrected chi connectivity index (χ0v) is 11.0. The molecule has 0 unspecified atom stereocenters. The number of hydrogen-bond donors (Lipinski definition) is 2. The molecule has 1 amide bonds. The van der Waals surface area contributed by atoms with E-state index in [-0.39, 0.29) is 5.91 Å². The zero-order chi connectivity index (χ0) is 13.1. The van der Waals surface area contributed by atoms with Gasteiger partial charge in [0.1, 0.15) is 10.6 Å². The standard InChI is InChI=1S/C11H10ClN3O2S/c1-17-6-2-3-8(7(12)4-6)15-10(16)9-5-14-11(13)18-9/h2-5H,1H3,(H2,13,14)(H,15,16). The van der Waals surface area contributed by atoms with Crippen molar-refractivity contribution in [2.45, 2.75) is 0 Å². The molecule has 0 radical (unpaired) electrons. The van der Waals surface area contributed by atoms with E-state index >= 15 is 0 Å². The fraction of sp³-hybridized carbons (Fsp3) is 0.0909. The van der Waals surface area contributed by atoms with E-state index in [9.17, 15) is 4.79 Å². The Morgan fingerprint density at radius 3 is 2.89 bits per heavy atom.